The van der Waals surface area contributed by atoms with Crippen molar-refractivity contribution in [1.82, 2.24) is 29.9 Å². The summed E-state index contributed by atoms with van der Waals surface area (Å²) >= 11 is 0. The number of nitrogens with zero attached hydrogens (tertiary/aromatic N) is 4. The molecule has 0 saturated carbocycles. The largest absolute Gasteiger partial charge is 0.332 e. The predicted molar refractivity (Wildman–Crippen MR) is 111 cm³/mol. The number of fused-ring (bicyclic) bond motifs is 2. The Hall–Kier alpha value is -3.49. The maximum absolute atomic E-state index is 12.3. The van der Waals surface area contributed by atoms with E-state index in [0.29, 0.717) is 40.6 Å². The molecule has 9 heteroatoms. The van der Waals surface area contributed by atoms with Gasteiger partial charge in [-0.15, -0.1) is 0 Å². The maximum Gasteiger partial charge on any atom is 0.316 e. The number of rotatable bonds is 4. The Bertz CT molecular complexity index is 1360. The molecule has 9 nitrogen and oxygen atoms in total. The van der Waals surface area contributed by atoms with Gasteiger partial charge in [0.1, 0.15) is 0 Å². The normalized spacial score (nSPS) is 13.8. The van der Waals surface area contributed by atoms with Crippen molar-refractivity contribution in [3.05, 3.63) is 50.2 Å². The van der Waals surface area contributed by atoms with Gasteiger partial charge in [-0.1, -0.05) is 19.0 Å². The highest BCUT2D eigenvalue weighted by Crippen LogP contribution is 2.30. The Kier molecular flexibility index (Phi) is 4.38. The first kappa shape index (κ1) is 18.5. The van der Waals surface area contributed by atoms with E-state index in [9.17, 15) is 9.59 Å². The highest BCUT2D eigenvalue weighted by atomic mass is 16.5. The molecule has 154 valence electrons. The summed E-state index contributed by atoms with van der Waals surface area (Å²) < 4.78 is 7.00. The molecule has 4 aromatic rings. The molecule has 0 saturated heterocycles. The monoisotopic (exact) mass is 406 g/mol. The zero-order valence-electron chi connectivity index (χ0n) is 16.9. The average Bonchev–Trinajstić information content (AvgIpc) is 3.37. The molecule has 5 rings (SSSR count). The van der Waals surface area contributed by atoms with Crippen LogP contribution in [0, 0.1) is 5.92 Å². The summed E-state index contributed by atoms with van der Waals surface area (Å²) in [5.41, 5.74) is 3.73. The summed E-state index contributed by atoms with van der Waals surface area (Å²) in [6.45, 7) is 4.47. The first-order valence-electron chi connectivity index (χ1n) is 10.2. The van der Waals surface area contributed by atoms with E-state index in [1.807, 2.05) is 19.9 Å². The molecule has 1 aromatic carbocycles. The Morgan fingerprint density at radius 3 is 2.87 bits per heavy atom. The van der Waals surface area contributed by atoms with Gasteiger partial charge in [0.05, 0.1) is 11.0 Å². The third-order valence-electron chi connectivity index (χ3n) is 5.47. The van der Waals surface area contributed by atoms with E-state index in [1.54, 1.807) is 12.1 Å². The molecular formula is C21H22N6O3. The molecule has 3 aromatic heterocycles. The number of hydrogen-bond acceptors (Lipinski definition) is 6. The van der Waals surface area contributed by atoms with E-state index in [-0.39, 0.29) is 5.92 Å². The minimum Gasteiger partial charge on any atom is -0.332 e. The van der Waals surface area contributed by atoms with Gasteiger partial charge < -0.3 is 14.1 Å². The van der Waals surface area contributed by atoms with Gasteiger partial charge in [0, 0.05) is 23.4 Å². The minimum atomic E-state index is -0.641. The fraction of sp³-hybridized carbons (Fsp3) is 0.381. The van der Waals surface area contributed by atoms with Gasteiger partial charge in [-0.3, -0.25) is 14.7 Å². The van der Waals surface area contributed by atoms with Crippen LogP contribution in [0.1, 0.15) is 37.9 Å². The molecule has 0 amide bonds. The van der Waals surface area contributed by atoms with Crippen LogP contribution in [0.2, 0.25) is 0 Å². The smallest absolute Gasteiger partial charge is 0.316 e. The number of aryl methyl sites for hydroxylation is 1. The number of nitrogens with one attached hydrogen (secondary N) is 2. The maximum atomic E-state index is 12.3. The molecule has 0 unspecified atom stereocenters. The van der Waals surface area contributed by atoms with Crippen molar-refractivity contribution >= 4 is 11.0 Å². The summed E-state index contributed by atoms with van der Waals surface area (Å²) in [7, 11) is 0. The molecular weight excluding hydrogens is 384 g/mol. The van der Waals surface area contributed by atoms with Crippen LogP contribution < -0.4 is 11.1 Å². The summed E-state index contributed by atoms with van der Waals surface area (Å²) in [4.78, 5) is 31.6. The Labute approximate surface area is 171 Å². The molecule has 3 heterocycles. The third kappa shape index (κ3) is 3.06. The summed E-state index contributed by atoms with van der Waals surface area (Å²) in [5, 5.41) is 11.6. The molecule has 0 radical (unpaired) electrons. The van der Waals surface area contributed by atoms with Crippen molar-refractivity contribution in [2.45, 2.75) is 46.1 Å². The van der Waals surface area contributed by atoms with Crippen LogP contribution in [0.25, 0.3) is 34.0 Å². The van der Waals surface area contributed by atoms with Crippen LogP contribution in [0.3, 0.4) is 0 Å². The van der Waals surface area contributed by atoms with Crippen molar-refractivity contribution in [3.8, 4) is 23.0 Å². The Morgan fingerprint density at radius 2 is 2.03 bits per heavy atom. The van der Waals surface area contributed by atoms with Crippen LogP contribution in [0.15, 0.2) is 32.3 Å². The molecule has 0 aliphatic heterocycles. The fourth-order valence-corrected chi connectivity index (χ4v) is 4.06. The van der Waals surface area contributed by atoms with Crippen molar-refractivity contribution < 1.29 is 4.52 Å². The molecule has 30 heavy (non-hydrogen) atoms. The topological polar surface area (TPSA) is 122 Å². The number of benzene rings is 1. The summed E-state index contributed by atoms with van der Waals surface area (Å²) in [5.74, 6) is 1.01. The van der Waals surface area contributed by atoms with Crippen LogP contribution in [0.5, 0.6) is 0 Å². The molecule has 1 aliphatic rings. The number of H-pyrrole nitrogens is 2. The van der Waals surface area contributed by atoms with Gasteiger partial charge in [-0.05, 0) is 49.8 Å². The lowest BCUT2D eigenvalue weighted by Crippen LogP contribution is -2.37. The Morgan fingerprint density at radius 1 is 1.20 bits per heavy atom. The van der Waals surface area contributed by atoms with Gasteiger partial charge in [-0.2, -0.15) is 10.1 Å². The van der Waals surface area contributed by atoms with Crippen LogP contribution in [0.4, 0.5) is 0 Å². The lowest BCUT2D eigenvalue weighted by molar-refractivity contribution is 0.430. The van der Waals surface area contributed by atoms with Gasteiger partial charge in [-0.25, -0.2) is 0 Å². The van der Waals surface area contributed by atoms with Crippen LogP contribution >= 0.6 is 0 Å². The highest BCUT2D eigenvalue weighted by Gasteiger charge is 2.22. The van der Waals surface area contributed by atoms with Crippen molar-refractivity contribution in [3.63, 3.8) is 0 Å². The second-order valence-electron chi connectivity index (χ2n) is 8.16. The van der Waals surface area contributed by atoms with Crippen LogP contribution in [-0.2, 0) is 19.4 Å². The van der Waals surface area contributed by atoms with E-state index in [4.69, 9.17) is 4.52 Å². The fourth-order valence-electron chi connectivity index (χ4n) is 4.06. The average molecular weight is 406 g/mol. The second kappa shape index (κ2) is 7.08. The zero-order chi connectivity index (χ0) is 20.8. The lowest BCUT2D eigenvalue weighted by Gasteiger charge is -2.12. The SMILES string of the molecule is CC(C)Cn1c(=O)c(=O)[nH]c2cc(-c3noc(-c4n[nH]c5c4CCCC5)n3)ccc21. The molecule has 1 aliphatic carbocycles. The molecule has 0 atom stereocenters. The molecule has 0 bridgehead atoms. The summed E-state index contributed by atoms with van der Waals surface area (Å²) in [6.07, 6.45) is 4.21. The standard InChI is InChI=1S/C21H22N6O3/c1-11(2)10-27-16-8-7-12(9-15(16)22-19(28)21(27)29)18-23-20(30-26-18)17-13-5-3-4-6-14(13)24-25-17/h7-9,11H,3-6,10H2,1-2H3,(H,22,28)(H,24,25). The number of aromatic nitrogens is 6. The lowest BCUT2D eigenvalue weighted by atomic mass is 9.96. The highest BCUT2D eigenvalue weighted by molar-refractivity contribution is 5.80. The number of aromatic amines is 2. The summed E-state index contributed by atoms with van der Waals surface area (Å²) in [6, 6.07) is 5.39. The second-order valence-corrected chi connectivity index (χ2v) is 8.16. The van der Waals surface area contributed by atoms with E-state index in [0.717, 1.165) is 36.9 Å². The van der Waals surface area contributed by atoms with Crippen molar-refractivity contribution in [2.75, 3.05) is 0 Å². The predicted octanol–water partition coefficient (Wildman–Crippen LogP) is 2.66. The van der Waals surface area contributed by atoms with E-state index in [2.05, 4.69) is 25.3 Å². The molecule has 2 N–H and O–H groups in total. The first-order chi connectivity index (χ1) is 14.5. The van der Waals surface area contributed by atoms with Gasteiger partial charge >= 0.3 is 11.1 Å². The van der Waals surface area contributed by atoms with E-state index < -0.39 is 11.1 Å². The van der Waals surface area contributed by atoms with E-state index in [1.165, 1.54) is 4.57 Å². The quantitative estimate of drug-likeness (QED) is 0.502. The van der Waals surface area contributed by atoms with Crippen molar-refractivity contribution in [1.29, 1.82) is 0 Å². The third-order valence-corrected chi connectivity index (χ3v) is 5.47. The van der Waals surface area contributed by atoms with E-state index >= 15 is 0 Å². The number of hydrogen-bond donors (Lipinski definition) is 2. The zero-order valence-corrected chi connectivity index (χ0v) is 16.9. The minimum absolute atomic E-state index is 0.229. The van der Waals surface area contributed by atoms with Gasteiger partial charge in [0.2, 0.25) is 5.82 Å². The van der Waals surface area contributed by atoms with Crippen LogP contribution in [-0.4, -0.2) is 29.9 Å². The van der Waals surface area contributed by atoms with Gasteiger partial charge in [0.15, 0.2) is 5.69 Å². The molecule has 0 spiro atoms. The van der Waals surface area contributed by atoms with Crippen molar-refractivity contribution in [2.24, 2.45) is 5.92 Å². The Balaban J connectivity index is 1.56. The van der Waals surface area contributed by atoms with Gasteiger partial charge in [0.25, 0.3) is 5.89 Å². The first-order valence-corrected chi connectivity index (χ1v) is 10.2. The molecule has 0 fully saturated rings.